The highest BCUT2D eigenvalue weighted by Gasteiger charge is 2.03. The van der Waals surface area contributed by atoms with Crippen LogP contribution in [0.3, 0.4) is 0 Å². The van der Waals surface area contributed by atoms with Gasteiger partial charge in [-0.2, -0.15) is 0 Å². The maximum atomic E-state index is 9.62. The monoisotopic (exact) mass is 206 g/mol. The molecule has 1 atom stereocenters. The van der Waals surface area contributed by atoms with Crippen molar-refractivity contribution in [1.82, 2.24) is 0 Å². The van der Waals surface area contributed by atoms with E-state index in [-0.39, 0.29) is 6.61 Å². The second kappa shape index (κ2) is 6.38. The Bertz CT molecular complexity index is 304. The minimum absolute atomic E-state index is 0.0369. The Labute approximate surface area is 90.9 Å². The van der Waals surface area contributed by atoms with Gasteiger partial charge in [0.2, 0.25) is 0 Å². The van der Waals surface area contributed by atoms with Gasteiger partial charge in [-0.25, -0.2) is 0 Å². The summed E-state index contributed by atoms with van der Waals surface area (Å²) in [5.74, 6) is 0. The summed E-state index contributed by atoms with van der Waals surface area (Å²) in [7, 11) is 0. The summed E-state index contributed by atoms with van der Waals surface area (Å²) in [6.45, 7) is 1.99. The normalized spacial score (nSPS) is 13.9. The van der Waals surface area contributed by atoms with Gasteiger partial charge in [0.25, 0.3) is 0 Å². The van der Waals surface area contributed by atoms with Gasteiger partial charge < -0.3 is 10.2 Å². The molecular formula is C13H18O2. The second-order valence-corrected chi connectivity index (χ2v) is 3.57. The first-order chi connectivity index (χ1) is 7.27. The second-order valence-electron chi connectivity index (χ2n) is 3.57. The van der Waals surface area contributed by atoms with Crippen molar-refractivity contribution in [1.29, 1.82) is 0 Å². The summed E-state index contributed by atoms with van der Waals surface area (Å²) in [6.07, 6.45) is 2.94. The van der Waals surface area contributed by atoms with Crippen molar-refractivity contribution in [3.63, 3.8) is 0 Å². The molecule has 0 spiro atoms. The average molecular weight is 206 g/mol. The van der Waals surface area contributed by atoms with Crippen molar-refractivity contribution in [3.05, 3.63) is 42.0 Å². The zero-order valence-corrected chi connectivity index (χ0v) is 9.06. The van der Waals surface area contributed by atoms with Crippen molar-refractivity contribution in [2.24, 2.45) is 0 Å². The van der Waals surface area contributed by atoms with Gasteiger partial charge in [0.1, 0.15) is 0 Å². The van der Waals surface area contributed by atoms with E-state index in [1.54, 1.807) is 6.08 Å². The quantitative estimate of drug-likeness (QED) is 0.775. The molecule has 0 bridgehead atoms. The van der Waals surface area contributed by atoms with Crippen LogP contribution in [-0.4, -0.2) is 22.9 Å². The van der Waals surface area contributed by atoms with Gasteiger partial charge in [-0.05, 0) is 17.6 Å². The van der Waals surface area contributed by atoms with Crippen LogP contribution < -0.4 is 0 Å². The number of hydrogen-bond donors (Lipinski definition) is 2. The lowest BCUT2D eigenvalue weighted by molar-refractivity contribution is 0.211. The van der Waals surface area contributed by atoms with Gasteiger partial charge in [0, 0.05) is 0 Å². The third-order valence-electron chi connectivity index (χ3n) is 2.29. The summed E-state index contributed by atoms with van der Waals surface area (Å²) < 4.78 is 0. The van der Waals surface area contributed by atoms with Crippen molar-refractivity contribution < 1.29 is 10.2 Å². The highest BCUT2D eigenvalue weighted by atomic mass is 16.3. The first-order valence-electron chi connectivity index (χ1n) is 5.33. The molecule has 0 aliphatic carbocycles. The molecule has 1 rings (SSSR count). The number of aliphatic hydroxyl groups excluding tert-OH is 2. The van der Waals surface area contributed by atoms with Crippen LogP contribution in [0.5, 0.6) is 0 Å². The van der Waals surface area contributed by atoms with Crippen molar-refractivity contribution in [3.8, 4) is 0 Å². The van der Waals surface area contributed by atoms with Crippen LogP contribution in [0.4, 0.5) is 0 Å². The summed E-state index contributed by atoms with van der Waals surface area (Å²) >= 11 is 0. The number of rotatable bonds is 5. The van der Waals surface area contributed by atoms with Gasteiger partial charge in [-0.1, -0.05) is 49.8 Å². The Hall–Kier alpha value is -1.12. The van der Waals surface area contributed by atoms with Crippen LogP contribution in [0.25, 0.3) is 5.57 Å². The van der Waals surface area contributed by atoms with E-state index < -0.39 is 6.10 Å². The smallest absolute Gasteiger partial charge is 0.0727 e. The molecule has 0 fully saturated rings. The van der Waals surface area contributed by atoms with E-state index in [0.717, 1.165) is 24.0 Å². The lowest BCUT2D eigenvalue weighted by atomic mass is 10.0. The Kier molecular flexibility index (Phi) is 5.08. The molecule has 1 aromatic carbocycles. The zero-order valence-electron chi connectivity index (χ0n) is 9.06. The molecule has 15 heavy (non-hydrogen) atoms. The van der Waals surface area contributed by atoms with E-state index in [1.807, 2.05) is 37.3 Å². The fourth-order valence-corrected chi connectivity index (χ4v) is 1.50. The Morgan fingerprint density at radius 1 is 1.33 bits per heavy atom. The molecule has 0 amide bonds. The van der Waals surface area contributed by atoms with E-state index in [0.29, 0.717) is 0 Å². The summed E-state index contributed by atoms with van der Waals surface area (Å²) in [5, 5.41) is 18.8. The van der Waals surface area contributed by atoms with Crippen LogP contribution >= 0.6 is 0 Å². The van der Waals surface area contributed by atoms with Crippen LogP contribution in [0.2, 0.25) is 0 Å². The van der Waals surface area contributed by atoms with Crippen molar-refractivity contribution >= 4 is 5.57 Å². The number of aliphatic hydroxyl groups is 2. The third-order valence-corrected chi connectivity index (χ3v) is 2.29. The van der Waals surface area contributed by atoms with Gasteiger partial charge in [-0.15, -0.1) is 0 Å². The Balaban J connectivity index is 2.79. The van der Waals surface area contributed by atoms with E-state index in [1.165, 1.54) is 0 Å². The van der Waals surface area contributed by atoms with Crippen LogP contribution in [0, 0.1) is 0 Å². The van der Waals surface area contributed by atoms with Gasteiger partial charge in [-0.3, -0.25) is 0 Å². The minimum Gasteiger partial charge on any atom is -0.392 e. The molecule has 0 heterocycles. The zero-order chi connectivity index (χ0) is 11.1. The van der Waals surface area contributed by atoms with Crippen molar-refractivity contribution in [2.45, 2.75) is 25.9 Å². The number of hydrogen-bond acceptors (Lipinski definition) is 2. The molecule has 1 unspecified atom stereocenters. The van der Waals surface area contributed by atoms with Crippen LogP contribution in [0.1, 0.15) is 25.3 Å². The van der Waals surface area contributed by atoms with Crippen LogP contribution in [-0.2, 0) is 0 Å². The first-order valence-corrected chi connectivity index (χ1v) is 5.33. The fourth-order valence-electron chi connectivity index (χ4n) is 1.50. The van der Waals surface area contributed by atoms with Gasteiger partial charge in [0.05, 0.1) is 12.7 Å². The van der Waals surface area contributed by atoms with E-state index in [4.69, 9.17) is 0 Å². The molecule has 0 aromatic heterocycles. The topological polar surface area (TPSA) is 40.5 Å². The maximum absolute atomic E-state index is 9.62. The van der Waals surface area contributed by atoms with Crippen LogP contribution in [0.15, 0.2) is 36.4 Å². The molecular weight excluding hydrogens is 188 g/mol. The molecule has 2 heteroatoms. The van der Waals surface area contributed by atoms with Gasteiger partial charge >= 0.3 is 0 Å². The molecule has 0 saturated heterocycles. The molecule has 1 aromatic rings. The highest BCUT2D eigenvalue weighted by Crippen LogP contribution is 2.15. The van der Waals surface area contributed by atoms with E-state index in [2.05, 4.69) is 0 Å². The number of benzene rings is 1. The molecule has 0 aliphatic rings. The molecule has 0 aliphatic heterocycles. The predicted octanol–water partition coefficient (Wildman–Crippen LogP) is 2.22. The lowest BCUT2D eigenvalue weighted by Crippen LogP contribution is -2.04. The van der Waals surface area contributed by atoms with E-state index >= 15 is 0 Å². The minimum atomic E-state index is -0.461. The van der Waals surface area contributed by atoms with E-state index in [9.17, 15) is 10.2 Å². The Morgan fingerprint density at radius 2 is 2.00 bits per heavy atom. The third kappa shape index (κ3) is 3.86. The predicted molar refractivity (Wildman–Crippen MR) is 62.4 cm³/mol. The van der Waals surface area contributed by atoms with Gasteiger partial charge in [0.15, 0.2) is 0 Å². The summed E-state index contributed by atoms with van der Waals surface area (Å²) in [4.78, 5) is 0. The molecule has 2 N–H and O–H groups in total. The molecule has 0 saturated carbocycles. The van der Waals surface area contributed by atoms with Crippen molar-refractivity contribution in [2.75, 3.05) is 6.61 Å². The first kappa shape index (κ1) is 12.0. The molecule has 82 valence electrons. The summed E-state index contributed by atoms with van der Waals surface area (Å²) in [6, 6.07) is 9.64. The average Bonchev–Trinajstić information content (AvgIpc) is 2.27. The highest BCUT2D eigenvalue weighted by molar-refractivity contribution is 5.66. The standard InChI is InChI=1S/C13H18O2/c1-2-6-13(15)9-12(10-14)11-7-4-3-5-8-11/h3-5,7-9,13-15H,2,6,10H2,1H3/b12-9+. The summed E-state index contributed by atoms with van der Waals surface area (Å²) in [5.41, 5.74) is 1.76. The lowest BCUT2D eigenvalue weighted by Gasteiger charge is -2.08. The largest absolute Gasteiger partial charge is 0.392 e. The fraction of sp³-hybridized carbons (Fsp3) is 0.385. The SMILES string of the molecule is CCCC(O)/C=C(\CO)c1ccccc1. The molecule has 0 radical (unpaired) electrons. The molecule has 2 nitrogen and oxygen atoms in total. The Morgan fingerprint density at radius 3 is 2.53 bits per heavy atom. The maximum Gasteiger partial charge on any atom is 0.0727 e.